The second-order valence-corrected chi connectivity index (χ2v) is 5.88. The van der Waals surface area contributed by atoms with Crippen molar-refractivity contribution in [2.45, 2.75) is 25.7 Å². The van der Waals surface area contributed by atoms with Gasteiger partial charge < -0.3 is 4.42 Å². The van der Waals surface area contributed by atoms with Gasteiger partial charge >= 0.3 is 0 Å². The number of rotatable bonds is 2. The smallest absolute Gasteiger partial charge is 0.249 e. The molecule has 0 bridgehead atoms. The number of pyridine rings is 1. The summed E-state index contributed by atoms with van der Waals surface area (Å²) in [5, 5.41) is 10.5. The average Bonchev–Trinajstić information content (AvgIpc) is 3.14. The summed E-state index contributed by atoms with van der Waals surface area (Å²) < 4.78 is 5.82. The number of aromatic nitrogens is 3. The third kappa shape index (κ3) is 1.94. The lowest BCUT2D eigenvalue weighted by Gasteiger charge is -2.10. The van der Waals surface area contributed by atoms with Gasteiger partial charge in [0.1, 0.15) is 0 Å². The quantitative estimate of drug-likeness (QED) is 0.719. The van der Waals surface area contributed by atoms with Crippen LogP contribution in [0.2, 0.25) is 0 Å². The summed E-state index contributed by atoms with van der Waals surface area (Å²) in [6.07, 6.45) is 8.32. The molecule has 0 unspecified atom stereocenters. The molecular weight excluding hydrogens is 270 g/mol. The fourth-order valence-corrected chi connectivity index (χ4v) is 3.73. The molecule has 0 fully saturated rings. The fourth-order valence-electron chi connectivity index (χ4n) is 2.61. The molecule has 3 aromatic rings. The van der Waals surface area contributed by atoms with E-state index >= 15 is 0 Å². The molecule has 3 aromatic heterocycles. The molecule has 0 aromatic carbocycles. The Morgan fingerprint density at radius 2 is 2.00 bits per heavy atom. The molecule has 0 spiro atoms. The maximum absolute atomic E-state index is 5.82. The Kier molecular flexibility index (Phi) is 2.85. The summed E-state index contributed by atoms with van der Waals surface area (Å²) in [4.78, 5) is 5.56. The molecule has 0 saturated heterocycles. The van der Waals surface area contributed by atoms with Crippen molar-refractivity contribution in [3.8, 4) is 22.9 Å². The van der Waals surface area contributed by atoms with Crippen LogP contribution in [0.3, 0.4) is 0 Å². The molecule has 1 aliphatic rings. The minimum Gasteiger partial charge on any atom is -0.416 e. The summed E-state index contributed by atoms with van der Waals surface area (Å²) in [7, 11) is 0. The van der Waals surface area contributed by atoms with E-state index < -0.39 is 0 Å². The summed E-state index contributed by atoms with van der Waals surface area (Å²) >= 11 is 1.81. The van der Waals surface area contributed by atoms with Crippen LogP contribution in [0.4, 0.5) is 0 Å². The van der Waals surface area contributed by atoms with Gasteiger partial charge in [0.15, 0.2) is 0 Å². The van der Waals surface area contributed by atoms with Gasteiger partial charge in [-0.25, -0.2) is 0 Å². The van der Waals surface area contributed by atoms with E-state index in [-0.39, 0.29) is 0 Å². The molecule has 0 radical (unpaired) electrons. The first kappa shape index (κ1) is 11.8. The van der Waals surface area contributed by atoms with Crippen LogP contribution in [0.25, 0.3) is 22.9 Å². The first-order valence-electron chi connectivity index (χ1n) is 6.75. The van der Waals surface area contributed by atoms with Crippen LogP contribution in [-0.4, -0.2) is 15.2 Å². The number of nitrogens with zero attached hydrogens (tertiary/aromatic N) is 3. The number of thiophene rings is 1. The Morgan fingerprint density at radius 1 is 1.10 bits per heavy atom. The van der Waals surface area contributed by atoms with Gasteiger partial charge in [-0.15, -0.1) is 21.5 Å². The van der Waals surface area contributed by atoms with E-state index in [0.717, 1.165) is 17.5 Å². The molecule has 0 aliphatic heterocycles. The predicted molar refractivity (Wildman–Crippen MR) is 77.5 cm³/mol. The molecule has 0 N–H and O–H groups in total. The van der Waals surface area contributed by atoms with Crippen LogP contribution < -0.4 is 0 Å². The van der Waals surface area contributed by atoms with Gasteiger partial charge in [0, 0.05) is 22.7 Å². The lowest BCUT2D eigenvalue weighted by molar-refractivity contribution is 0.582. The third-order valence-corrected chi connectivity index (χ3v) is 4.71. The highest BCUT2D eigenvalue weighted by molar-refractivity contribution is 7.10. The largest absolute Gasteiger partial charge is 0.416 e. The lowest BCUT2D eigenvalue weighted by Crippen LogP contribution is -1.99. The van der Waals surface area contributed by atoms with E-state index in [4.69, 9.17) is 4.42 Å². The summed E-state index contributed by atoms with van der Waals surface area (Å²) in [6.45, 7) is 0. The minimum atomic E-state index is 0.531. The highest BCUT2D eigenvalue weighted by Gasteiger charge is 2.20. The summed E-state index contributed by atoms with van der Waals surface area (Å²) in [5.41, 5.74) is 3.38. The number of aryl methyl sites for hydroxylation is 1. The monoisotopic (exact) mass is 283 g/mol. The maximum Gasteiger partial charge on any atom is 0.249 e. The van der Waals surface area contributed by atoms with Crippen molar-refractivity contribution < 1.29 is 4.42 Å². The molecule has 0 atom stereocenters. The van der Waals surface area contributed by atoms with Crippen LogP contribution in [0.1, 0.15) is 23.3 Å². The molecular formula is C15H13N3OS. The second-order valence-electron chi connectivity index (χ2n) is 4.91. The number of fused-ring (bicyclic) bond motifs is 1. The summed E-state index contributed by atoms with van der Waals surface area (Å²) in [6, 6.07) is 3.79. The Balaban J connectivity index is 1.74. The van der Waals surface area contributed by atoms with Crippen molar-refractivity contribution in [1.82, 2.24) is 15.2 Å². The van der Waals surface area contributed by atoms with Gasteiger partial charge in [0.2, 0.25) is 11.8 Å². The average molecular weight is 283 g/mol. The number of hydrogen-bond donors (Lipinski definition) is 0. The molecule has 0 amide bonds. The Morgan fingerprint density at radius 3 is 2.90 bits per heavy atom. The molecule has 1 aliphatic carbocycles. The van der Waals surface area contributed by atoms with Crippen molar-refractivity contribution in [1.29, 1.82) is 0 Å². The van der Waals surface area contributed by atoms with E-state index in [0.29, 0.717) is 11.8 Å². The molecule has 4 rings (SSSR count). The molecule has 100 valence electrons. The molecule has 4 nitrogen and oxygen atoms in total. The van der Waals surface area contributed by atoms with Gasteiger partial charge in [0.25, 0.3) is 0 Å². The van der Waals surface area contributed by atoms with E-state index in [1.54, 1.807) is 12.4 Å². The van der Waals surface area contributed by atoms with E-state index in [9.17, 15) is 0 Å². The Hall–Kier alpha value is -2.01. The van der Waals surface area contributed by atoms with E-state index in [1.807, 2.05) is 23.5 Å². The van der Waals surface area contributed by atoms with Crippen LogP contribution >= 0.6 is 11.3 Å². The maximum atomic E-state index is 5.82. The van der Waals surface area contributed by atoms with Crippen molar-refractivity contribution in [3.05, 3.63) is 40.3 Å². The Labute approximate surface area is 120 Å². The molecule has 0 saturated carbocycles. The molecule has 3 heterocycles. The second kappa shape index (κ2) is 4.83. The van der Waals surface area contributed by atoms with Gasteiger partial charge in [0.05, 0.1) is 11.1 Å². The third-order valence-electron chi connectivity index (χ3n) is 3.63. The van der Waals surface area contributed by atoms with Crippen molar-refractivity contribution in [2.75, 3.05) is 0 Å². The fraction of sp³-hybridized carbons (Fsp3) is 0.267. The number of hydrogen-bond acceptors (Lipinski definition) is 5. The van der Waals surface area contributed by atoms with Gasteiger partial charge in [-0.05, 0) is 43.4 Å². The van der Waals surface area contributed by atoms with E-state index in [2.05, 4.69) is 20.6 Å². The predicted octanol–water partition coefficient (Wildman–Crippen LogP) is 3.74. The summed E-state index contributed by atoms with van der Waals surface area (Å²) in [5.74, 6) is 1.16. The van der Waals surface area contributed by atoms with Crippen LogP contribution in [-0.2, 0) is 12.8 Å². The van der Waals surface area contributed by atoms with Crippen LogP contribution in [0.15, 0.2) is 34.3 Å². The van der Waals surface area contributed by atoms with Crippen molar-refractivity contribution in [3.63, 3.8) is 0 Å². The zero-order chi connectivity index (χ0) is 13.4. The van der Waals surface area contributed by atoms with Crippen LogP contribution in [0.5, 0.6) is 0 Å². The van der Waals surface area contributed by atoms with E-state index in [1.165, 1.54) is 29.7 Å². The highest BCUT2D eigenvalue weighted by Crippen LogP contribution is 2.36. The normalized spacial score (nSPS) is 14.2. The van der Waals surface area contributed by atoms with Gasteiger partial charge in [-0.3, -0.25) is 4.98 Å². The van der Waals surface area contributed by atoms with Crippen LogP contribution in [0, 0.1) is 0 Å². The Bertz CT molecular complexity index is 733. The van der Waals surface area contributed by atoms with Gasteiger partial charge in [-0.1, -0.05) is 0 Å². The molecule has 5 heteroatoms. The van der Waals surface area contributed by atoms with Gasteiger partial charge in [-0.2, -0.15) is 0 Å². The SMILES string of the molecule is c1cncc(-c2nnc(-c3csc4c3CCCC4)o2)c1. The first-order chi connectivity index (χ1) is 9.92. The standard InChI is InChI=1S/C15H13N3OS/c1-2-6-13-11(5-1)12(9-20-13)15-18-17-14(19-15)10-4-3-7-16-8-10/h3-4,7-9H,1-2,5-6H2. The minimum absolute atomic E-state index is 0.531. The molecule has 20 heavy (non-hydrogen) atoms. The van der Waals surface area contributed by atoms with Crippen molar-refractivity contribution >= 4 is 11.3 Å². The topological polar surface area (TPSA) is 51.8 Å². The van der Waals surface area contributed by atoms with Crippen molar-refractivity contribution in [2.24, 2.45) is 0 Å². The highest BCUT2D eigenvalue weighted by atomic mass is 32.1. The zero-order valence-electron chi connectivity index (χ0n) is 10.9. The zero-order valence-corrected chi connectivity index (χ0v) is 11.7. The first-order valence-corrected chi connectivity index (χ1v) is 7.63. The lowest BCUT2D eigenvalue weighted by atomic mass is 9.96.